The van der Waals surface area contributed by atoms with Gasteiger partial charge >= 0.3 is 0 Å². The van der Waals surface area contributed by atoms with Crippen molar-refractivity contribution in [1.82, 2.24) is 19.8 Å². The smallest absolute Gasteiger partial charge is 0.227 e. The van der Waals surface area contributed by atoms with Crippen molar-refractivity contribution in [3.63, 3.8) is 0 Å². The van der Waals surface area contributed by atoms with Gasteiger partial charge in [-0.3, -0.25) is 4.79 Å². The highest BCUT2D eigenvalue weighted by Gasteiger charge is 2.37. The summed E-state index contributed by atoms with van der Waals surface area (Å²) in [6, 6.07) is 15.1. The summed E-state index contributed by atoms with van der Waals surface area (Å²) in [5.74, 6) is 1.43. The molecule has 146 valence electrons. The predicted molar refractivity (Wildman–Crippen MR) is 113 cm³/mol. The first-order chi connectivity index (χ1) is 13.4. The summed E-state index contributed by atoms with van der Waals surface area (Å²) >= 11 is 0. The molecule has 1 saturated heterocycles. The van der Waals surface area contributed by atoms with Gasteiger partial charge in [-0.1, -0.05) is 35.9 Å². The summed E-state index contributed by atoms with van der Waals surface area (Å²) in [4.78, 5) is 25.0. The number of imidazole rings is 1. The van der Waals surface area contributed by atoms with Crippen LogP contribution in [0.25, 0.3) is 11.0 Å². The van der Waals surface area contributed by atoms with Gasteiger partial charge in [0.25, 0.3) is 0 Å². The summed E-state index contributed by atoms with van der Waals surface area (Å²) in [7, 11) is 4.21. The molecule has 0 radical (unpaired) electrons. The Bertz CT molecular complexity index is 990. The third-order valence-corrected chi connectivity index (χ3v) is 5.83. The van der Waals surface area contributed by atoms with E-state index in [-0.39, 0.29) is 5.91 Å². The number of likely N-dealkylation sites (N-methyl/N-ethyl adjacent to an activating group) is 1. The lowest BCUT2D eigenvalue weighted by Crippen LogP contribution is -2.36. The number of nitrogens with one attached hydrogen (secondary N) is 1. The molecule has 0 saturated carbocycles. The molecule has 0 aliphatic carbocycles. The van der Waals surface area contributed by atoms with Crippen molar-refractivity contribution in [2.24, 2.45) is 0 Å². The molecule has 5 heteroatoms. The molecule has 3 aromatic rings. The highest BCUT2D eigenvalue weighted by atomic mass is 16.2. The Kier molecular flexibility index (Phi) is 4.94. The average molecular weight is 377 g/mol. The van der Waals surface area contributed by atoms with Crippen LogP contribution in [-0.4, -0.2) is 58.9 Å². The number of carbonyl (C=O) groups excluding carboxylic acids is 1. The van der Waals surface area contributed by atoms with Gasteiger partial charge < -0.3 is 14.8 Å². The third-order valence-electron chi connectivity index (χ3n) is 5.83. The van der Waals surface area contributed by atoms with E-state index in [1.807, 2.05) is 30.0 Å². The van der Waals surface area contributed by atoms with Crippen molar-refractivity contribution >= 4 is 16.9 Å². The second-order valence-corrected chi connectivity index (χ2v) is 8.20. The number of aryl methyl sites for hydroxylation is 2. The maximum Gasteiger partial charge on any atom is 0.227 e. The van der Waals surface area contributed by atoms with E-state index >= 15 is 0 Å². The fraction of sp³-hybridized carbons (Fsp3) is 0.391. The first-order valence-corrected chi connectivity index (χ1v) is 9.87. The minimum atomic E-state index is 0.192. The molecule has 1 amide bonds. The van der Waals surface area contributed by atoms with Gasteiger partial charge in [-0.25, -0.2) is 4.98 Å². The fourth-order valence-electron chi connectivity index (χ4n) is 4.24. The van der Waals surface area contributed by atoms with Gasteiger partial charge in [0.2, 0.25) is 5.91 Å². The van der Waals surface area contributed by atoms with Crippen LogP contribution in [0.2, 0.25) is 0 Å². The molecule has 28 heavy (non-hydrogen) atoms. The first-order valence-electron chi connectivity index (χ1n) is 9.87. The van der Waals surface area contributed by atoms with Crippen LogP contribution in [0.1, 0.15) is 28.4 Å². The van der Waals surface area contributed by atoms with Crippen LogP contribution in [0.5, 0.6) is 0 Å². The lowest BCUT2D eigenvalue weighted by molar-refractivity contribution is -0.129. The van der Waals surface area contributed by atoms with Crippen LogP contribution in [0.3, 0.4) is 0 Å². The zero-order valence-electron chi connectivity index (χ0n) is 17.1. The van der Waals surface area contributed by atoms with Crippen LogP contribution >= 0.6 is 0 Å². The number of amides is 1. The van der Waals surface area contributed by atoms with Crippen LogP contribution in [0, 0.1) is 13.8 Å². The number of fused-ring (bicyclic) bond motifs is 1. The number of likely N-dealkylation sites (tertiary alicyclic amines) is 1. The number of H-pyrrole nitrogens is 1. The molecule has 4 rings (SSSR count). The zero-order valence-corrected chi connectivity index (χ0v) is 17.1. The van der Waals surface area contributed by atoms with Gasteiger partial charge in [-0.05, 0) is 51.2 Å². The molecule has 1 aliphatic heterocycles. The molecular formula is C23H28N4O. The Hall–Kier alpha value is -2.66. The molecule has 2 aromatic carbocycles. The maximum atomic E-state index is 13.0. The monoisotopic (exact) mass is 376 g/mol. The summed E-state index contributed by atoms with van der Waals surface area (Å²) < 4.78 is 0. The highest BCUT2D eigenvalue weighted by Crippen LogP contribution is 2.31. The Morgan fingerprint density at radius 1 is 1.14 bits per heavy atom. The largest absolute Gasteiger partial charge is 0.342 e. The first kappa shape index (κ1) is 18.7. The molecule has 2 atom stereocenters. The van der Waals surface area contributed by atoms with E-state index in [2.05, 4.69) is 60.2 Å². The van der Waals surface area contributed by atoms with Crippen molar-refractivity contribution in [2.45, 2.75) is 32.2 Å². The number of carbonyl (C=O) groups is 1. The average Bonchev–Trinajstić information content (AvgIpc) is 3.25. The summed E-state index contributed by atoms with van der Waals surface area (Å²) in [5, 5.41) is 0. The Labute approximate surface area is 166 Å². The molecular weight excluding hydrogens is 348 g/mol. The Balaban J connectivity index is 1.51. The highest BCUT2D eigenvalue weighted by molar-refractivity contribution is 5.82. The summed E-state index contributed by atoms with van der Waals surface area (Å²) in [5.41, 5.74) is 5.55. The molecule has 0 unspecified atom stereocenters. The second-order valence-electron chi connectivity index (χ2n) is 8.20. The van der Waals surface area contributed by atoms with Crippen molar-refractivity contribution in [3.8, 4) is 0 Å². The van der Waals surface area contributed by atoms with Gasteiger partial charge in [0, 0.05) is 25.0 Å². The van der Waals surface area contributed by atoms with Crippen molar-refractivity contribution in [1.29, 1.82) is 0 Å². The molecule has 0 bridgehead atoms. The minimum Gasteiger partial charge on any atom is -0.342 e. The van der Waals surface area contributed by atoms with Gasteiger partial charge in [0.05, 0.1) is 17.5 Å². The number of hydrogen-bond acceptors (Lipinski definition) is 3. The molecule has 1 N–H and O–H groups in total. The van der Waals surface area contributed by atoms with E-state index in [0.717, 1.165) is 35.5 Å². The van der Waals surface area contributed by atoms with Crippen LogP contribution in [0.4, 0.5) is 0 Å². The van der Waals surface area contributed by atoms with E-state index in [9.17, 15) is 4.79 Å². The van der Waals surface area contributed by atoms with E-state index in [4.69, 9.17) is 0 Å². The quantitative estimate of drug-likeness (QED) is 0.760. The third kappa shape index (κ3) is 3.67. The predicted octanol–water partition coefficient (Wildman–Crippen LogP) is 3.28. The van der Waals surface area contributed by atoms with Gasteiger partial charge in [-0.2, -0.15) is 0 Å². The summed E-state index contributed by atoms with van der Waals surface area (Å²) in [6.07, 6.45) is 0.425. The van der Waals surface area contributed by atoms with Crippen molar-refractivity contribution in [3.05, 3.63) is 65.0 Å². The zero-order chi connectivity index (χ0) is 19.8. The summed E-state index contributed by atoms with van der Waals surface area (Å²) in [6.45, 7) is 5.60. The number of aromatic amines is 1. The lowest BCUT2D eigenvalue weighted by atomic mass is 9.93. The minimum absolute atomic E-state index is 0.192. The number of nitrogens with zero attached hydrogens (tertiary/aromatic N) is 3. The van der Waals surface area contributed by atoms with Gasteiger partial charge in [0.1, 0.15) is 5.82 Å². The molecule has 1 aromatic heterocycles. The van der Waals surface area contributed by atoms with Crippen molar-refractivity contribution in [2.75, 3.05) is 27.2 Å². The Morgan fingerprint density at radius 2 is 1.89 bits per heavy atom. The van der Waals surface area contributed by atoms with E-state index in [1.54, 1.807) is 0 Å². The van der Waals surface area contributed by atoms with E-state index in [1.165, 1.54) is 11.1 Å². The number of benzene rings is 2. The molecule has 2 heterocycles. The van der Waals surface area contributed by atoms with Gasteiger partial charge in [-0.15, -0.1) is 0 Å². The van der Waals surface area contributed by atoms with Crippen LogP contribution < -0.4 is 0 Å². The molecule has 1 aliphatic rings. The molecule has 1 fully saturated rings. The van der Waals surface area contributed by atoms with E-state index < -0.39 is 0 Å². The number of rotatable bonds is 4. The topological polar surface area (TPSA) is 52.2 Å². The standard InChI is InChI=1S/C23H28N4O/c1-15-5-8-18(9-6-15)19-13-27(14-22(19)26(3)4)23(28)12-17-7-10-20-21(11-17)25-16(2)24-20/h5-11,19,22H,12-14H2,1-4H3,(H,24,25)/t19-,22+/m0/s1. The number of aromatic nitrogens is 2. The second kappa shape index (κ2) is 7.40. The van der Waals surface area contributed by atoms with Crippen LogP contribution in [-0.2, 0) is 11.2 Å². The maximum absolute atomic E-state index is 13.0. The lowest BCUT2D eigenvalue weighted by Gasteiger charge is -2.25. The Morgan fingerprint density at radius 3 is 2.61 bits per heavy atom. The molecule has 0 spiro atoms. The SMILES string of the molecule is Cc1ccc([C@@H]2CN(C(=O)Cc3ccc4nc(C)[nH]c4c3)C[C@H]2N(C)C)cc1. The number of hydrogen-bond donors (Lipinski definition) is 1. The van der Waals surface area contributed by atoms with Crippen molar-refractivity contribution < 1.29 is 4.79 Å². The van der Waals surface area contributed by atoms with Crippen LogP contribution in [0.15, 0.2) is 42.5 Å². The van der Waals surface area contributed by atoms with E-state index in [0.29, 0.717) is 18.4 Å². The normalized spacial score (nSPS) is 19.7. The fourth-order valence-corrected chi connectivity index (χ4v) is 4.24. The van der Waals surface area contributed by atoms with Gasteiger partial charge in [0.15, 0.2) is 0 Å². The molecule has 5 nitrogen and oxygen atoms in total.